The number of amides is 5. The fourth-order valence-electron chi connectivity index (χ4n) is 5.88. The summed E-state index contributed by atoms with van der Waals surface area (Å²) in [7, 11) is 0. The number of carbonyl (C=O) groups is 5. The van der Waals surface area contributed by atoms with Crippen LogP contribution in [0.15, 0.2) is 12.1 Å². The van der Waals surface area contributed by atoms with Gasteiger partial charge < -0.3 is 14.5 Å². The molecule has 3 fully saturated rings. The molecule has 0 aromatic heterocycles. The van der Waals surface area contributed by atoms with E-state index in [1.165, 1.54) is 6.07 Å². The Morgan fingerprint density at radius 1 is 0.950 bits per heavy atom. The van der Waals surface area contributed by atoms with E-state index in [4.69, 9.17) is 4.74 Å². The highest BCUT2D eigenvalue weighted by Gasteiger charge is 2.45. The molecule has 3 saturated heterocycles. The molecule has 0 bridgehead atoms. The van der Waals surface area contributed by atoms with Crippen molar-refractivity contribution in [2.24, 2.45) is 5.92 Å². The first kappa shape index (κ1) is 28.0. The summed E-state index contributed by atoms with van der Waals surface area (Å²) in [4.78, 5) is 69.1. The predicted molar refractivity (Wildman–Crippen MR) is 142 cm³/mol. The van der Waals surface area contributed by atoms with Crippen molar-refractivity contribution in [2.75, 3.05) is 50.7 Å². The molecule has 1 unspecified atom stereocenters. The van der Waals surface area contributed by atoms with E-state index in [1.54, 1.807) is 4.90 Å². The summed E-state index contributed by atoms with van der Waals surface area (Å²) in [5.74, 6) is -2.66. The lowest BCUT2D eigenvalue weighted by atomic mass is 9.95. The number of nitrogens with zero attached hydrogens (tertiary/aromatic N) is 4. The molecule has 1 atom stereocenters. The van der Waals surface area contributed by atoms with E-state index < -0.39 is 41.1 Å². The molecular formula is C28H36FN5O6. The van der Waals surface area contributed by atoms with Gasteiger partial charge in [-0.15, -0.1) is 0 Å². The van der Waals surface area contributed by atoms with Crippen molar-refractivity contribution in [2.45, 2.75) is 58.1 Å². The van der Waals surface area contributed by atoms with Crippen molar-refractivity contribution in [3.63, 3.8) is 0 Å². The highest BCUT2D eigenvalue weighted by atomic mass is 19.1. The van der Waals surface area contributed by atoms with Gasteiger partial charge in [0.2, 0.25) is 11.8 Å². The standard InChI is InChI=1S/C28H36FN5O6/c1-28(2,3)40-27(39)33-12-10-31(11-13-33)16-17-6-8-32(9-7-17)22-15-19-18(14-20(22)29)25(37)34(26(19)38)21-4-5-23(35)30-24(21)36/h14-15,17,21H,4-13,16H2,1-3H3,(H,30,35,36). The molecule has 11 nitrogen and oxygen atoms in total. The van der Waals surface area contributed by atoms with Crippen LogP contribution in [-0.4, -0.2) is 102 Å². The minimum Gasteiger partial charge on any atom is -0.444 e. The van der Waals surface area contributed by atoms with Crippen molar-refractivity contribution in [3.8, 4) is 0 Å². The molecule has 4 aliphatic heterocycles. The van der Waals surface area contributed by atoms with Crippen LogP contribution in [0.25, 0.3) is 0 Å². The highest BCUT2D eigenvalue weighted by Crippen LogP contribution is 2.34. The number of ether oxygens (including phenoxy) is 1. The van der Waals surface area contributed by atoms with E-state index >= 15 is 4.39 Å². The van der Waals surface area contributed by atoms with Crippen LogP contribution >= 0.6 is 0 Å². The van der Waals surface area contributed by atoms with Crippen LogP contribution in [-0.2, 0) is 14.3 Å². The molecule has 4 heterocycles. The Hall–Kier alpha value is -3.54. The maximum Gasteiger partial charge on any atom is 0.410 e. The third kappa shape index (κ3) is 5.67. The van der Waals surface area contributed by atoms with Gasteiger partial charge in [-0.25, -0.2) is 9.18 Å². The van der Waals surface area contributed by atoms with Crippen LogP contribution in [0.4, 0.5) is 14.9 Å². The van der Waals surface area contributed by atoms with Gasteiger partial charge in [0.15, 0.2) is 0 Å². The molecule has 40 heavy (non-hydrogen) atoms. The molecule has 5 amide bonds. The number of fused-ring (bicyclic) bond motifs is 1. The molecule has 216 valence electrons. The number of imide groups is 2. The first-order valence-corrected chi connectivity index (χ1v) is 13.9. The van der Waals surface area contributed by atoms with E-state index in [0.29, 0.717) is 32.1 Å². The second-order valence-corrected chi connectivity index (χ2v) is 12.0. The summed E-state index contributed by atoms with van der Waals surface area (Å²) in [6, 6.07) is 1.43. The van der Waals surface area contributed by atoms with Gasteiger partial charge >= 0.3 is 6.09 Å². The van der Waals surface area contributed by atoms with Crippen molar-refractivity contribution >= 4 is 35.4 Å². The first-order chi connectivity index (χ1) is 18.9. The maximum atomic E-state index is 15.2. The van der Waals surface area contributed by atoms with Crippen molar-refractivity contribution in [1.29, 1.82) is 0 Å². The van der Waals surface area contributed by atoms with Gasteiger partial charge in [0.1, 0.15) is 17.5 Å². The number of anilines is 1. The molecule has 12 heteroatoms. The lowest BCUT2D eigenvalue weighted by molar-refractivity contribution is -0.136. The third-order valence-corrected chi connectivity index (χ3v) is 8.00. The van der Waals surface area contributed by atoms with Crippen LogP contribution in [0.1, 0.15) is 67.2 Å². The van der Waals surface area contributed by atoms with Crippen molar-refractivity contribution in [3.05, 3.63) is 29.1 Å². The summed E-state index contributed by atoms with van der Waals surface area (Å²) in [5, 5.41) is 2.16. The SMILES string of the molecule is CC(C)(C)OC(=O)N1CCN(CC2CCN(c3cc4c(cc3F)C(=O)N(C3CCC(=O)NC3=O)C4=O)CC2)CC1. The Bertz CT molecular complexity index is 1230. The average Bonchev–Trinajstić information content (AvgIpc) is 3.12. The third-order valence-electron chi connectivity index (χ3n) is 8.00. The molecule has 0 radical (unpaired) electrons. The number of rotatable bonds is 4. The monoisotopic (exact) mass is 557 g/mol. The van der Waals surface area contributed by atoms with Gasteiger partial charge in [0.05, 0.1) is 16.8 Å². The van der Waals surface area contributed by atoms with Crippen LogP contribution < -0.4 is 10.2 Å². The second-order valence-electron chi connectivity index (χ2n) is 12.0. The van der Waals surface area contributed by atoms with Gasteiger partial charge in [-0.05, 0) is 58.1 Å². The van der Waals surface area contributed by atoms with Gasteiger partial charge in [-0.1, -0.05) is 0 Å². The molecule has 5 rings (SSSR count). The topological polar surface area (TPSA) is 120 Å². The average molecular weight is 558 g/mol. The van der Waals surface area contributed by atoms with Crippen LogP contribution in [0.2, 0.25) is 0 Å². The zero-order chi connectivity index (χ0) is 28.8. The molecule has 1 N–H and O–H groups in total. The quantitative estimate of drug-likeness (QED) is 0.559. The van der Waals surface area contributed by atoms with Gasteiger partial charge in [-0.2, -0.15) is 0 Å². The maximum absolute atomic E-state index is 15.2. The van der Waals surface area contributed by atoms with Gasteiger partial charge in [-0.3, -0.25) is 34.3 Å². The van der Waals surface area contributed by atoms with E-state index in [0.717, 1.165) is 43.4 Å². The zero-order valence-electron chi connectivity index (χ0n) is 23.2. The minimum atomic E-state index is -1.08. The molecule has 0 saturated carbocycles. The number of piperazine rings is 1. The molecule has 1 aromatic carbocycles. The smallest absolute Gasteiger partial charge is 0.410 e. The zero-order valence-corrected chi connectivity index (χ0v) is 23.2. The number of piperidine rings is 2. The fourth-order valence-corrected chi connectivity index (χ4v) is 5.88. The summed E-state index contributed by atoms with van der Waals surface area (Å²) in [5.41, 5.74) is -0.224. The Morgan fingerprint density at radius 3 is 2.17 bits per heavy atom. The normalized spacial score (nSPS) is 23.0. The van der Waals surface area contributed by atoms with Crippen LogP contribution in [0, 0.1) is 11.7 Å². The van der Waals surface area contributed by atoms with E-state index in [1.807, 2.05) is 25.7 Å². The molecule has 1 aromatic rings. The molecular weight excluding hydrogens is 521 g/mol. The Kier molecular flexibility index (Phi) is 7.56. The lowest BCUT2D eigenvalue weighted by Crippen LogP contribution is -2.54. The number of hydrogen-bond acceptors (Lipinski definition) is 8. The predicted octanol–water partition coefficient (Wildman–Crippen LogP) is 2.00. The number of benzene rings is 1. The van der Waals surface area contributed by atoms with Crippen molar-refractivity contribution in [1.82, 2.24) is 20.0 Å². The fraction of sp³-hybridized carbons (Fsp3) is 0.607. The van der Waals surface area contributed by atoms with E-state index in [2.05, 4.69) is 10.2 Å². The molecule has 4 aliphatic rings. The Balaban J connectivity index is 1.16. The Labute approximate surface area is 232 Å². The Morgan fingerprint density at radius 2 is 1.57 bits per heavy atom. The molecule has 0 aliphatic carbocycles. The largest absolute Gasteiger partial charge is 0.444 e. The number of nitrogens with one attached hydrogen (secondary N) is 1. The summed E-state index contributed by atoms with van der Waals surface area (Å²) in [6.45, 7) is 10.5. The highest BCUT2D eigenvalue weighted by molar-refractivity contribution is 6.23. The van der Waals surface area contributed by atoms with E-state index in [9.17, 15) is 24.0 Å². The second kappa shape index (κ2) is 10.8. The summed E-state index contributed by atoms with van der Waals surface area (Å²) < 4.78 is 20.7. The van der Waals surface area contributed by atoms with E-state index in [-0.39, 0.29) is 35.7 Å². The lowest BCUT2D eigenvalue weighted by Gasteiger charge is -2.39. The summed E-state index contributed by atoms with van der Waals surface area (Å²) >= 11 is 0. The minimum absolute atomic E-state index is 0.0256. The van der Waals surface area contributed by atoms with Crippen LogP contribution in [0.5, 0.6) is 0 Å². The number of hydrogen-bond donors (Lipinski definition) is 1. The molecule has 0 spiro atoms. The number of carbonyl (C=O) groups excluding carboxylic acids is 5. The summed E-state index contributed by atoms with van der Waals surface area (Å²) in [6.07, 6.45) is 1.49. The van der Waals surface area contributed by atoms with Crippen molar-refractivity contribution < 1.29 is 33.1 Å². The van der Waals surface area contributed by atoms with Crippen LogP contribution in [0.3, 0.4) is 0 Å². The number of halogens is 1. The van der Waals surface area contributed by atoms with Gasteiger partial charge in [0.25, 0.3) is 11.8 Å². The first-order valence-electron chi connectivity index (χ1n) is 13.9. The van der Waals surface area contributed by atoms with Gasteiger partial charge in [0, 0.05) is 52.2 Å².